The Morgan fingerprint density at radius 3 is 2.68 bits per heavy atom. The molecule has 0 saturated heterocycles. The van der Waals surface area contributed by atoms with E-state index in [9.17, 15) is 4.79 Å². The van der Waals surface area contributed by atoms with Gasteiger partial charge in [-0.2, -0.15) is 0 Å². The molecule has 0 aliphatic heterocycles. The molecular formula is C20H32N2O3. The second-order valence-corrected chi connectivity index (χ2v) is 6.81. The molecule has 2 rings (SSSR count). The second kappa shape index (κ2) is 10.3. The van der Waals surface area contributed by atoms with E-state index in [-0.39, 0.29) is 5.91 Å². The van der Waals surface area contributed by atoms with Gasteiger partial charge in [-0.15, -0.1) is 0 Å². The summed E-state index contributed by atoms with van der Waals surface area (Å²) in [6, 6.07) is 6.39. The van der Waals surface area contributed by atoms with E-state index in [0.29, 0.717) is 19.1 Å². The number of ether oxygens (including phenoxy) is 2. The Kier molecular flexibility index (Phi) is 8.06. The minimum Gasteiger partial charge on any atom is -0.493 e. The highest BCUT2D eigenvalue weighted by Gasteiger charge is 2.16. The van der Waals surface area contributed by atoms with Crippen LogP contribution in [0.4, 0.5) is 0 Å². The molecule has 5 nitrogen and oxygen atoms in total. The molecule has 1 amide bonds. The minimum atomic E-state index is 0.169. The Balaban J connectivity index is 1.77. The summed E-state index contributed by atoms with van der Waals surface area (Å²) in [7, 11) is 3.69. The number of hydrogen-bond donors (Lipinski definition) is 1. The number of carbonyl (C=O) groups is 1. The van der Waals surface area contributed by atoms with Crippen molar-refractivity contribution >= 4 is 5.91 Å². The highest BCUT2D eigenvalue weighted by Crippen LogP contribution is 2.28. The number of benzene rings is 1. The van der Waals surface area contributed by atoms with Crippen LogP contribution < -0.4 is 14.8 Å². The summed E-state index contributed by atoms with van der Waals surface area (Å²) in [5, 5.41) is 3.18. The molecule has 0 bridgehead atoms. The predicted octanol–water partition coefficient (Wildman–Crippen LogP) is 3.36. The molecule has 0 heterocycles. The van der Waals surface area contributed by atoms with Crippen LogP contribution in [0.15, 0.2) is 18.2 Å². The van der Waals surface area contributed by atoms with Crippen molar-refractivity contribution in [3.05, 3.63) is 23.8 Å². The third kappa shape index (κ3) is 6.58. The van der Waals surface area contributed by atoms with Crippen LogP contribution in [0.2, 0.25) is 0 Å². The molecule has 140 valence electrons. The topological polar surface area (TPSA) is 50.8 Å². The summed E-state index contributed by atoms with van der Waals surface area (Å²) < 4.78 is 10.9. The number of nitrogens with zero attached hydrogens (tertiary/aromatic N) is 1. The Bertz CT molecular complexity index is 542. The second-order valence-electron chi connectivity index (χ2n) is 6.81. The summed E-state index contributed by atoms with van der Waals surface area (Å²) in [4.78, 5) is 14.3. The summed E-state index contributed by atoms with van der Waals surface area (Å²) >= 11 is 0. The third-order valence-corrected chi connectivity index (χ3v) is 4.67. The van der Waals surface area contributed by atoms with Gasteiger partial charge in [-0.05, 0) is 44.5 Å². The van der Waals surface area contributed by atoms with Gasteiger partial charge in [0.15, 0.2) is 11.5 Å². The quantitative estimate of drug-likeness (QED) is 0.743. The molecule has 25 heavy (non-hydrogen) atoms. The van der Waals surface area contributed by atoms with Crippen molar-refractivity contribution < 1.29 is 14.3 Å². The van der Waals surface area contributed by atoms with E-state index in [1.165, 1.54) is 19.3 Å². The number of amides is 1. The highest BCUT2D eigenvalue weighted by molar-refractivity contribution is 5.76. The fourth-order valence-electron chi connectivity index (χ4n) is 3.31. The van der Waals surface area contributed by atoms with E-state index in [1.54, 1.807) is 7.11 Å². The average molecular weight is 348 g/mol. The molecule has 0 unspecified atom stereocenters. The standard InChI is InChI=1S/C20H32N2O3/c1-4-25-18-11-10-16(14-19(18)24-3)15-22(2)13-12-20(23)21-17-8-6-5-7-9-17/h10-11,14,17H,4-9,12-13,15H2,1-3H3,(H,21,23). The maximum Gasteiger partial charge on any atom is 0.221 e. The number of nitrogens with one attached hydrogen (secondary N) is 1. The van der Waals surface area contributed by atoms with Crippen molar-refractivity contribution in [3.8, 4) is 11.5 Å². The number of rotatable bonds is 9. The molecule has 1 aliphatic rings. The number of methoxy groups -OCH3 is 1. The van der Waals surface area contributed by atoms with Crippen LogP contribution in [0.25, 0.3) is 0 Å². The van der Waals surface area contributed by atoms with Gasteiger partial charge in [-0.1, -0.05) is 25.3 Å². The first-order valence-corrected chi connectivity index (χ1v) is 9.40. The van der Waals surface area contributed by atoms with Gasteiger partial charge in [0.05, 0.1) is 13.7 Å². The summed E-state index contributed by atoms with van der Waals surface area (Å²) in [6.45, 7) is 4.10. The summed E-state index contributed by atoms with van der Waals surface area (Å²) in [6.07, 6.45) is 6.60. The Labute approximate surface area is 151 Å². The maximum atomic E-state index is 12.1. The zero-order chi connectivity index (χ0) is 18.1. The van der Waals surface area contributed by atoms with Crippen LogP contribution in [0.5, 0.6) is 11.5 Å². The van der Waals surface area contributed by atoms with Gasteiger partial charge in [-0.3, -0.25) is 4.79 Å². The number of hydrogen-bond acceptors (Lipinski definition) is 4. The van der Waals surface area contributed by atoms with Crippen molar-refractivity contribution in [1.82, 2.24) is 10.2 Å². The van der Waals surface area contributed by atoms with E-state index in [1.807, 2.05) is 32.2 Å². The first-order valence-electron chi connectivity index (χ1n) is 9.40. The van der Waals surface area contributed by atoms with E-state index < -0.39 is 0 Å². The highest BCUT2D eigenvalue weighted by atomic mass is 16.5. The van der Waals surface area contributed by atoms with Crippen LogP contribution >= 0.6 is 0 Å². The Hall–Kier alpha value is -1.75. The van der Waals surface area contributed by atoms with Gasteiger partial charge in [0.2, 0.25) is 5.91 Å². The van der Waals surface area contributed by atoms with Crippen LogP contribution in [0.3, 0.4) is 0 Å². The van der Waals surface area contributed by atoms with Gasteiger partial charge in [-0.25, -0.2) is 0 Å². The molecule has 0 spiro atoms. The van der Waals surface area contributed by atoms with Gasteiger partial charge in [0.1, 0.15) is 0 Å². The molecular weight excluding hydrogens is 316 g/mol. The van der Waals surface area contributed by atoms with Gasteiger partial charge in [0, 0.05) is 25.6 Å². The molecule has 1 aliphatic carbocycles. The van der Waals surface area contributed by atoms with Crippen LogP contribution in [0, 0.1) is 0 Å². The largest absolute Gasteiger partial charge is 0.493 e. The first kappa shape index (κ1) is 19.6. The lowest BCUT2D eigenvalue weighted by molar-refractivity contribution is -0.122. The van der Waals surface area contributed by atoms with Crippen molar-refractivity contribution in [2.45, 2.75) is 58.0 Å². The summed E-state index contributed by atoms with van der Waals surface area (Å²) in [5.41, 5.74) is 1.15. The lowest BCUT2D eigenvalue weighted by Gasteiger charge is -2.23. The van der Waals surface area contributed by atoms with E-state index in [2.05, 4.69) is 10.2 Å². The van der Waals surface area contributed by atoms with Crippen molar-refractivity contribution in [1.29, 1.82) is 0 Å². The molecule has 0 radical (unpaired) electrons. The van der Waals surface area contributed by atoms with Crippen LogP contribution in [0.1, 0.15) is 51.0 Å². The summed E-state index contributed by atoms with van der Waals surface area (Å²) in [5.74, 6) is 1.69. The van der Waals surface area contributed by atoms with Crippen molar-refractivity contribution in [2.24, 2.45) is 0 Å². The zero-order valence-electron chi connectivity index (χ0n) is 15.8. The van der Waals surface area contributed by atoms with Crippen LogP contribution in [-0.2, 0) is 11.3 Å². The maximum absolute atomic E-state index is 12.1. The molecule has 1 saturated carbocycles. The average Bonchev–Trinajstić information content (AvgIpc) is 2.62. The Morgan fingerprint density at radius 1 is 1.24 bits per heavy atom. The molecule has 5 heteroatoms. The first-order chi connectivity index (χ1) is 12.1. The van der Waals surface area contributed by atoms with Crippen LogP contribution in [-0.4, -0.2) is 44.2 Å². The normalized spacial score (nSPS) is 15.2. The monoisotopic (exact) mass is 348 g/mol. The zero-order valence-corrected chi connectivity index (χ0v) is 15.8. The molecule has 1 aromatic carbocycles. The minimum absolute atomic E-state index is 0.169. The molecule has 1 N–H and O–H groups in total. The fraction of sp³-hybridized carbons (Fsp3) is 0.650. The predicted molar refractivity (Wildman–Crippen MR) is 100 cm³/mol. The number of carbonyl (C=O) groups excluding carboxylic acids is 1. The smallest absolute Gasteiger partial charge is 0.221 e. The van der Waals surface area contributed by atoms with Gasteiger partial charge >= 0.3 is 0 Å². The van der Waals surface area contributed by atoms with E-state index in [0.717, 1.165) is 43.0 Å². The molecule has 1 fully saturated rings. The Morgan fingerprint density at radius 2 is 2.00 bits per heavy atom. The van der Waals surface area contributed by atoms with Gasteiger partial charge < -0.3 is 19.7 Å². The molecule has 1 aromatic rings. The van der Waals surface area contributed by atoms with E-state index >= 15 is 0 Å². The SMILES string of the molecule is CCOc1ccc(CN(C)CCC(=O)NC2CCCCC2)cc1OC. The van der Waals surface area contributed by atoms with Crippen molar-refractivity contribution in [2.75, 3.05) is 27.3 Å². The lowest BCUT2D eigenvalue weighted by Crippen LogP contribution is -2.37. The molecule has 0 atom stereocenters. The van der Waals surface area contributed by atoms with Crippen molar-refractivity contribution in [3.63, 3.8) is 0 Å². The van der Waals surface area contributed by atoms with E-state index in [4.69, 9.17) is 9.47 Å². The lowest BCUT2D eigenvalue weighted by atomic mass is 9.95. The molecule has 0 aromatic heterocycles. The third-order valence-electron chi connectivity index (χ3n) is 4.67. The fourth-order valence-corrected chi connectivity index (χ4v) is 3.31. The van der Waals surface area contributed by atoms with Gasteiger partial charge in [0.25, 0.3) is 0 Å².